The zero-order chi connectivity index (χ0) is 23.9. The molecule has 0 spiro atoms. The van der Waals surface area contributed by atoms with Gasteiger partial charge in [-0.25, -0.2) is 4.98 Å². The van der Waals surface area contributed by atoms with Gasteiger partial charge in [-0.15, -0.1) is 0 Å². The van der Waals surface area contributed by atoms with Crippen LogP contribution < -0.4 is 9.64 Å². The number of rotatable bonds is 0. The lowest BCUT2D eigenvalue weighted by atomic mass is 10.0. The van der Waals surface area contributed by atoms with E-state index in [4.69, 9.17) is 4.74 Å². The van der Waals surface area contributed by atoms with E-state index in [0.717, 1.165) is 52.8 Å². The van der Waals surface area contributed by atoms with Crippen molar-refractivity contribution in [1.82, 2.24) is 14.5 Å². The fraction of sp³-hybridized carbons (Fsp3) is 0.250. The summed E-state index contributed by atoms with van der Waals surface area (Å²) in [7, 11) is 0. The summed E-state index contributed by atoms with van der Waals surface area (Å²) in [6, 6.07) is 18.2. The molecule has 1 unspecified atom stereocenters. The molecule has 0 aliphatic carbocycles. The zero-order valence-electron chi connectivity index (χ0n) is 19.6. The number of amides is 1. The van der Waals surface area contributed by atoms with E-state index in [-0.39, 0.29) is 5.91 Å². The maximum Gasteiger partial charge on any atom is 0.241 e. The minimum atomic E-state index is 0.0990. The van der Waals surface area contributed by atoms with Gasteiger partial charge in [-0.1, -0.05) is 24.3 Å². The van der Waals surface area contributed by atoms with Crippen molar-refractivity contribution in [3.63, 3.8) is 0 Å². The van der Waals surface area contributed by atoms with E-state index in [9.17, 15) is 10.1 Å². The van der Waals surface area contributed by atoms with Gasteiger partial charge < -0.3 is 14.2 Å². The van der Waals surface area contributed by atoms with E-state index >= 15 is 0 Å². The molecule has 1 saturated heterocycles. The molecule has 174 valence electrons. The number of piperazine rings is 1. The fourth-order valence-electron chi connectivity index (χ4n) is 5.14. The highest BCUT2D eigenvalue weighted by atomic mass is 16.5. The molecule has 1 atom stereocenters. The second-order valence-electron chi connectivity index (χ2n) is 9.24. The highest BCUT2D eigenvalue weighted by Gasteiger charge is 2.26. The third-order valence-electron chi connectivity index (χ3n) is 6.96. The number of hydrogen-bond acceptors (Lipinski definition) is 5. The number of hydrogen-bond donors (Lipinski definition) is 0. The Hall–Kier alpha value is -4.15. The summed E-state index contributed by atoms with van der Waals surface area (Å²) in [6.07, 6.45) is 4.54. The Morgan fingerprint density at radius 1 is 1.06 bits per heavy atom. The number of fused-ring (bicyclic) bond motifs is 3. The van der Waals surface area contributed by atoms with Crippen LogP contribution in [0.3, 0.4) is 0 Å². The number of carbonyl (C=O) groups excluding carboxylic acids is 1. The molecule has 3 aliphatic heterocycles. The van der Waals surface area contributed by atoms with E-state index in [1.165, 1.54) is 0 Å². The third-order valence-corrected chi connectivity index (χ3v) is 6.96. The number of anilines is 1. The summed E-state index contributed by atoms with van der Waals surface area (Å²) in [6.45, 7) is 5.22. The molecule has 35 heavy (non-hydrogen) atoms. The Morgan fingerprint density at radius 2 is 1.97 bits per heavy atom. The van der Waals surface area contributed by atoms with Crippen LogP contribution in [0.5, 0.6) is 11.5 Å². The number of ether oxygens (including phenoxy) is 1. The molecule has 6 bridgehead atoms. The predicted octanol–water partition coefficient (Wildman–Crippen LogP) is 4.26. The lowest BCUT2D eigenvalue weighted by molar-refractivity contribution is -0.121. The van der Waals surface area contributed by atoms with Gasteiger partial charge in [-0.3, -0.25) is 9.69 Å². The second kappa shape index (κ2) is 8.57. The summed E-state index contributed by atoms with van der Waals surface area (Å²) >= 11 is 0. The van der Waals surface area contributed by atoms with E-state index in [1.54, 1.807) is 0 Å². The van der Waals surface area contributed by atoms with Gasteiger partial charge in [-0.05, 0) is 47.7 Å². The standard InChI is InChI=1S/C28H25N5O2/c1-19-11-20-12-27(25(19)14-29)35-23-6-5-21-3-2-4-26(24(21)13-23)33-10-9-31(17-28(33)34)8-7-22-15-30-18-32(22)16-20/h2-6,11-13,15,18H,7-10,16-17H2,1H3. The van der Waals surface area contributed by atoms with Crippen LogP contribution in [0.15, 0.2) is 61.1 Å². The van der Waals surface area contributed by atoms with Crippen LogP contribution in [0.1, 0.15) is 22.4 Å². The normalized spacial score (nSPS) is 17.7. The number of imidazole rings is 1. The van der Waals surface area contributed by atoms with Crippen molar-refractivity contribution in [2.45, 2.75) is 19.9 Å². The van der Waals surface area contributed by atoms with Crippen LogP contribution in [-0.4, -0.2) is 46.5 Å². The smallest absolute Gasteiger partial charge is 0.241 e. The van der Waals surface area contributed by atoms with Crippen LogP contribution in [0.4, 0.5) is 5.69 Å². The topological polar surface area (TPSA) is 74.4 Å². The molecule has 1 fully saturated rings. The van der Waals surface area contributed by atoms with Crippen molar-refractivity contribution < 1.29 is 9.53 Å². The quantitative estimate of drug-likeness (QED) is 0.390. The fourth-order valence-corrected chi connectivity index (χ4v) is 5.14. The first-order chi connectivity index (χ1) is 17.1. The second-order valence-corrected chi connectivity index (χ2v) is 9.24. The van der Waals surface area contributed by atoms with Gasteiger partial charge in [-0.2, -0.15) is 5.26 Å². The van der Waals surface area contributed by atoms with Crippen LogP contribution in [-0.2, 0) is 17.8 Å². The van der Waals surface area contributed by atoms with Crippen LogP contribution in [0.25, 0.3) is 10.8 Å². The van der Waals surface area contributed by atoms with E-state index in [0.29, 0.717) is 36.7 Å². The highest BCUT2D eigenvalue weighted by molar-refractivity contribution is 6.05. The molecule has 1 amide bonds. The highest BCUT2D eigenvalue weighted by Crippen LogP contribution is 2.35. The third kappa shape index (κ3) is 3.92. The summed E-state index contributed by atoms with van der Waals surface area (Å²) < 4.78 is 8.45. The van der Waals surface area contributed by atoms with Crippen LogP contribution in [0, 0.1) is 18.3 Å². The van der Waals surface area contributed by atoms with Crippen LogP contribution >= 0.6 is 0 Å². The SMILES string of the molecule is Cc1cc2cc(c1C#N)Oc1ccc3cccc(c3c1)N1CCN(CCc3cncn3C2)CC1=O. The predicted molar refractivity (Wildman–Crippen MR) is 134 cm³/mol. The van der Waals surface area contributed by atoms with Gasteiger partial charge in [0.05, 0.1) is 24.1 Å². The minimum Gasteiger partial charge on any atom is -0.456 e. The van der Waals surface area contributed by atoms with E-state index in [2.05, 4.69) is 20.5 Å². The van der Waals surface area contributed by atoms with Crippen LogP contribution in [0.2, 0.25) is 0 Å². The number of nitriles is 1. The number of nitrogens with zero attached hydrogens (tertiary/aromatic N) is 5. The number of aryl methyl sites for hydroxylation is 1. The van der Waals surface area contributed by atoms with Gasteiger partial charge in [0.2, 0.25) is 5.91 Å². The Kier molecular flexibility index (Phi) is 5.24. The first-order valence-corrected chi connectivity index (χ1v) is 11.8. The van der Waals surface area contributed by atoms with E-state index < -0.39 is 0 Å². The summed E-state index contributed by atoms with van der Waals surface area (Å²) in [5, 5.41) is 11.8. The van der Waals surface area contributed by atoms with E-state index in [1.807, 2.05) is 72.9 Å². The Morgan fingerprint density at radius 3 is 2.83 bits per heavy atom. The van der Waals surface area contributed by atoms with Gasteiger partial charge >= 0.3 is 0 Å². The van der Waals surface area contributed by atoms with Crippen molar-refractivity contribution in [3.05, 3.63) is 83.4 Å². The molecule has 4 aromatic rings. The number of benzene rings is 3. The van der Waals surface area contributed by atoms with Gasteiger partial charge in [0.15, 0.2) is 0 Å². The molecule has 3 aliphatic rings. The largest absolute Gasteiger partial charge is 0.456 e. The number of carbonyl (C=O) groups is 1. The average Bonchev–Trinajstić information content (AvgIpc) is 3.29. The molecule has 1 aromatic heterocycles. The lowest BCUT2D eigenvalue weighted by Crippen LogP contribution is -2.51. The average molecular weight is 464 g/mol. The molecule has 3 aromatic carbocycles. The molecular weight excluding hydrogens is 438 g/mol. The Labute approximate surface area is 203 Å². The Bertz CT molecular complexity index is 1500. The monoisotopic (exact) mass is 463 g/mol. The lowest BCUT2D eigenvalue weighted by Gasteiger charge is -2.35. The molecule has 0 saturated carbocycles. The van der Waals surface area contributed by atoms with Gasteiger partial charge in [0, 0.05) is 49.9 Å². The van der Waals surface area contributed by atoms with Crippen molar-refractivity contribution in [2.24, 2.45) is 0 Å². The zero-order valence-corrected chi connectivity index (χ0v) is 19.6. The van der Waals surface area contributed by atoms with Crippen molar-refractivity contribution >= 4 is 22.4 Å². The molecular formula is C28H25N5O2. The molecule has 4 heterocycles. The molecule has 7 rings (SSSR count). The maximum atomic E-state index is 13.2. The number of aromatic nitrogens is 2. The van der Waals surface area contributed by atoms with Crippen molar-refractivity contribution in [2.75, 3.05) is 31.1 Å². The van der Waals surface area contributed by atoms with Crippen molar-refractivity contribution in [3.8, 4) is 17.6 Å². The maximum absolute atomic E-state index is 13.2. The summed E-state index contributed by atoms with van der Waals surface area (Å²) in [4.78, 5) is 21.7. The molecule has 0 N–H and O–H groups in total. The molecule has 7 nitrogen and oxygen atoms in total. The van der Waals surface area contributed by atoms with Gasteiger partial charge in [0.1, 0.15) is 17.6 Å². The molecule has 0 radical (unpaired) electrons. The first kappa shape index (κ1) is 21.4. The first-order valence-electron chi connectivity index (χ1n) is 11.8. The Balaban J connectivity index is 1.51. The summed E-state index contributed by atoms with van der Waals surface area (Å²) in [5.41, 5.74) is 4.46. The molecule has 7 heteroatoms. The minimum absolute atomic E-state index is 0.0990. The van der Waals surface area contributed by atoms with Crippen molar-refractivity contribution in [1.29, 1.82) is 5.26 Å². The van der Waals surface area contributed by atoms with Gasteiger partial charge in [0.25, 0.3) is 0 Å². The summed E-state index contributed by atoms with van der Waals surface area (Å²) in [5.74, 6) is 1.27.